The predicted octanol–water partition coefficient (Wildman–Crippen LogP) is 0.990. The van der Waals surface area contributed by atoms with E-state index in [9.17, 15) is 5.11 Å². The van der Waals surface area contributed by atoms with E-state index in [1.54, 1.807) is 0 Å². The summed E-state index contributed by atoms with van der Waals surface area (Å²) in [6, 6.07) is 0. The lowest BCUT2D eigenvalue weighted by Crippen LogP contribution is -2.47. The van der Waals surface area contributed by atoms with Crippen molar-refractivity contribution in [3.63, 3.8) is 0 Å². The van der Waals surface area contributed by atoms with Gasteiger partial charge in [0.1, 0.15) is 0 Å². The second kappa shape index (κ2) is 6.33. The van der Waals surface area contributed by atoms with Crippen LogP contribution in [0.1, 0.15) is 39.0 Å². The zero-order chi connectivity index (χ0) is 13.0. The van der Waals surface area contributed by atoms with Crippen LogP contribution in [0.3, 0.4) is 0 Å². The van der Waals surface area contributed by atoms with Crippen LogP contribution in [0.4, 0.5) is 0 Å². The predicted molar refractivity (Wildman–Crippen MR) is 72.7 cm³/mol. The quantitative estimate of drug-likeness (QED) is 0.713. The van der Waals surface area contributed by atoms with E-state index in [-0.39, 0.29) is 12.1 Å². The number of rotatable bonds is 7. The minimum absolute atomic E-state index is 0.0781. The first-order chi connectivity index (χ1) is 8.71. The normalized spacial score (nSPS) is 31.5. The van der Waals surface area contributed by atoms with E-state index < -0.39 is 0 Å². The molecule has 2 N–H and O–H groups in total. The van der Waals surface area contributed by atoms with E-state index in [1.165, 1.54) is 12.8 Å². The Kier molecular flexibility index (Phi) is 5.01. The second-order valence-corrected chi connectivity index (χ2v) is 5.86. The molecule has 2 heterocycles. The number of aliphatic hydroxyl groups is 1. The van der Waals surface area contributed by atoms with Crippen LogP contribution in [-0.2, 0) is 4.74 Å². The van der Waals surface area contributed by atoms with Gasteiger partial charge in [0.05, 0.1) is 18.8 Å². The number of morpholine rings is 1. The maximum absolute atomic E-state index is 9.51. The zero-order valence-corrected chi connectivity index (χ0v) is 11.8. The molecule has 0 saturated carbocycles. The molecule has 0 aromatic rings. The molecule has 0 aliphatic carbocycles. The first-order valence-electron chi connectivity index (χ1n) is 7.39. The summed E-state index contributed by atoms with van der Waals surface area (Å²) in [5.74, 6) is 0. The summed E-state index contributed by atoms with van der Waals surface area (Å²) in [5, 5.41) is 12.8. The van der Waals surface area contributed by atoms with Crippen LogP contribution in [0.5, 0.6) is 0 Å². The Hall–Kier alpha value is -0.160. The van der Waals surface area contributed by atoms with Gasteiger partial charge in [0.2, 0.25) is 0 Å². The minimum Gasteiger partial charge on any atom is -0.394 e. The minimum atomic E-state index is -0.0781. The molecule has 4 heteroatoms. The van der Waals surface area contributed by atoms with E-state index in [2.05, 4.69) is 17.1 Å². The molecule has 2 aliphatic heterocycles. The highest BCUT2D eigenvalue weighted by Gasteiger charge is 2.33. The van der Waals surface area contributed by atoms with Gasteiger partial charge in [-0.15, -0.1) is 0 Å². The van der Waals surface area contributed by atoms with Crippen molar-refractivity contribution in [2.75, 3.05) is 33.3 Å². The molecule has 2 bridgehead atoms. The van der Waals surface area contributed by atoms with Crippen LogP contribution in [0.15, 0.2) is 0 Å². The van der Waals surface area contributed by atoms with Crippen molar-refractivity contribution >= 4 is 0 Å². The summed E-state index contributed by atoms with van der Waals surface area (Å²) in [6.45, 7) is 5.72. The Morgan fingerprint density at radius 2 is 2.00 bits per heavy atom. The average molecular weight is 256 g/mol. The Morgan fingerprint density at radius 3 is 2.50 bits per heavy atom. The lowest BCUT2D eigenvalue weighted by Gasteiger charge is -2.34. The molecule has 0 amide bonds. The van der Waals surface area contributed by atoms with Crippen molar-refractivity contribution in [2.24, 2.45) is 0 Å². The molecule has 0 spiro atoms. The summed E-state index contributed by atoms with van der Waals surface area (Å²) >= 11 is 0. The first-order valence-corrected chi connectivity index (χ1v) is 7.39. The highest BCUT2D eigenvalue weighted by atomic mass is 16.5. The smallest absolute Gasteiger partial charge is 0.0707 e. The average Bonchev–Trinajstić information content (AvgIpc) is 2.75. The Balaban J connectivity index is 1.71. The second-order valence-electron chi connectivity index (χ2n) is 5.86. The third kappa shape index (κ3) is 3.23. The largest absolute Gasteiger partial charge is 0.394 e. The number of ether oxygens (including phenoxy) is 1. The fourth-order valence-electron chi connectivity index (χ4n) is 3.27. The van der Waals surface area contributed by atoms with Gasteiger partial charge in [-0.2, -0.15) is 0 Å². The van der Waals surface area contributed by atoms with Crippen LogP contribution >= 0.6 is 0 Å². The summed E-state index contributed by atoms with van der Waals surface area (Å²) < 4.78 is 5.84. The van der Waals surface area contributed by atoms with Crippen molar-refractivity contribution in [3.8, 4) is 0 Å². The molecule has 3 unspecified atom stereocenters. The number of nitrogens with zero attached hydrogens (tertiary/aromatic N) is 1. The van der Waals surface area contributed by atoms with Gasteiger partial charge >= 0.3 is 0 Å². The van der Waals surface area contributed by atoms with Crippen LogP contribution in [0.25, 0.3) is 0 Å². The summed E-state index contributed by atoms with van der Waals surface area (Å²) in [7, 11) is 1.95. The van der Waals surface area contributed by atoms with Gasteiger partial charge in [-0.3, -0.25) is 4.90 Å². The lowest BCUT2D eigenvalue weighted by molar-refractivity contribution is -0.0392. The number of fused-ring (bicyclic) bond motifs is 2. The van der Waals surface area contributed by atoms with E-state index in [4.69, 9.17) is 4.74 Å². The van der Waals surface area contributed by atoms with Crippen molar-refractivity contribution in [1.82, 2.24) is 10.2 Å². The first kappa shape index (κ1) is 14.3. The fraction of sp³-hybridized carbons (Fsp3) is 1.00. The summed E-state index contributed by atoms with van der Waals surface area (Å²) in [6.07, 6.45) is 6.63. The topological polar surface area (TPSA) is 44.7 Å². The van der Waals surface area contributed by atoms with E-state index in [1.807, 2.05) is 7.05 Å². The third-order valence-corrected chi connectivity index (χ3v) is 4.76. The van der Waals surface area contributed by atoms with Crippen LogP contribution < -0.4 is 5.32 Å². The third-order valence-electron chi connectivity index (χ3n) is 4.76. The van der Waals surface area contributed by atoms with Gasteiger partial charge < -0.3 is 15.2 Å². The number of likely N-dealkylation sites (tertiary alicyclic amines) is 1. The standard InChI is InChI=1S/C14H28N2O2/c1-3-14(11-17,15-2)7-4-8-16-9-12-5-6-13(10-16)18-12/h12-13,15,17H,3-11H2,1-2H3. The molecule has 4 nitrogen and oxygen atoms in total. The Morgan fingerprint density at radius 1 is 1.33 bits per heavy atom. The molecule has 0 aromatic heterocycles. The van der Waals surface area contributed by atoms with Crippen LogP contribution in [-0.4, -0.2) is 61.0 Å². The number of likely N-dealkylation sites (N-methyl/N-ethyl adjacent to an activating group) is 1. The van der Waals surface area contributed by atoms with Crippen molar-refractivity contribution < 1.29 is 9.84 Å². The number of nitrogens with one attached hydrogen (secondary N) is 1. The van der Waals surface area contributed by atoms with Gasteiger partial charge in [-0.1, -0.05) is 6.92 Å². The molecule has 3 atom stereocenters. The molecule has 0 aromatic carbocycles. The van der Waals surface area contributed by atoms with Gasteiger partial charge in [-0.25, -0.2) is 0 Å². The molecule has 18 heavy (non-hydrogen) atoms. The molecule has 2 fully saturated rings. The maximum atomic E-state index is 9.51. The number of aliphatic hydroxyl groups excluding tert-OH is 1. The molecular formula is C14H28N2O2. The molecule has 2 rings (SSSR count). The molecule has 0 radical (unpaired) electrons. The zero-order valence-electron chi connectivity index (χ0n) is 11.8. The summed E-state index contributed by atoms with van der Waals surface area (Å²) in [5.41, 5.74) is -0.0781. The van der Waals surface area contributed by atoms with Gasteiger partial charge in [0, 0.05) is 18.6 Å². The fourth-order valence-corrected chi connectivity index (χ4v) is 3.27. The maximum Gasteiger partial charge on any atom is 0.0707 e. The van der Waals surface area contributed by atoms with Crippen molar-refractivity contribution in [1.29, 1.82) is 0 Å². The van der Waals surface area contributed by atoms with Crippen molar-refractivity contribution in [3.05, 3.63) is 0 Å². The Labute approximate surface area is 111 Å². The van der Waals surface area contributed by atoms with Gasteiger partial charge in [0.25, 0.3) is 0 Å². The molecule has 2 saturated heterocycles. The van der Waals surface area contributed by atoms with E-state index >= 15 is 0 Å². The molecule has 2 aliphatic rings. The van der Waals surface area contributed by atoms with E-state index in [0.29, 0.717) is 12.2 Å². The SMILES string of the molecule is CCC(CO)(CCCN1CC2CCC(C1)O2)NC. The monoisotopic (exact) mass is 256 g/mol. The van der Waals surface area contributed by atoms with Crippen LogP contribution in [0, 0.1) is 0 Å². The van der Waals surface area contributed by atoms with Gasteiger partial charge in [-0.05, 0) is 45.7 Å². The summed E-state index contributed by atoms with van der Waals surface area (Å²) in [4.78, 5) is 2.54. The molecule has 106 valence electrons. The Bertz CT molecular complexity index is 236. The van der Waals surface area contributed by atoms with Gasteiger partial charge in [0.15, 0.2) is 0 Å². The highest BCUT2D eigenvalue weighted by molar-refractivity contribution is 4.87. The van der Waals surface area contributed by atoms with Crippen molar-refractivity contribution in [2.45, 2.75) is 56.8 Å². The molecular weight excluding hydrogens is 228 g/mol. The number of hydrogen-bond donors (Lipinski definition) is 2. The van der Waals surface area contributed by atoms with Crippen LogP contribution in [0.2, 0.25) is 0 Å². The van der Waals surface area contributed by atoms with E-state index in [0.717, 1.165) is 38.9 Å². The highest BCUT2D eigenvalue weighted by Crippen LogP contribution is 2.26. The number of hydrogen-bond acceptors (Lipinski definition) is 4. The lowest BCUT2D eigenvalue weighted by atomic mass is 9.91.